The molecule has 1 fully saturated rings. The van der Waals surface area contributed by atoms with E-state index in [0.717, 1.165) is 24.2 Å². The van der Waals surface area contributed by atoms with Crippen molar-refractivity contribution in [2.24, 2.45) is 0 Å². The van der Waals surface area contributed by atoms with Gasteiger partial charge in [0, 0.05) is 31.1 Å². The van der Waals surface area contributed by atoms with Gasteiger partial charge in [-0.3, -0.25) is 4.79 Å². The van der Waals surface area contributed by atoms with E-state index < -0.39 is 0 Å². The van der Waals surface area contributed by atoms with Crippen LogP contribution in [0.25, 0.3) is 11.3 Å². The maximum atomic E-state index is 12.2. The molecule has 3 rings (SSSR count). The van der Waals surface area contributed by atoms with E-state index in [-0.39, 0.29) is 17.6 Å². The number of aromatic nitrogens is 1. The summed E-state index contributed by atoms with van der Waals surface area (Å²) in [6, 6.07) is 10.0. The Morgan fingerprint density at radius 3 is 2.88 bits per heavy atom. The molecule has 1 aliphatic rings. The maximum Gasteiger partial charge on any atom is 0.220 e. The van der Waals surface area contributed by atoms with Gasteiger partial charge in [0.15, 0.2) is 11.7 Å². The molecule has 2 aromatic rings. The number of aryl methyl sites for hydroxylation is 1. The van der Waals surface area contributed by atoms with Crippen molar-refractivity contribution in [3.63, 3.8) is 0 Å². The van der Waals surface area contributed by atoms with Gasteiger partial charge in [0.05, 0.1) is 11.8 Å². The molecule has 1 aromatic heterocycles. The zero-order chi connectivity index (χ0) is 17.0. The van der Waals surface area contributed by atoms with Crippen LogP contribution < -0.4 is 5.32 Å². The summed E-state index contributed by atoms with van der Waals surface area (Å²) in [5.74, 6) is 1.37. The number of carbonyl (C=O) groups excluding carboxylic acids is 1. The second-order valence-corrected chi connectivity index (χ2v) is 6.85. The van der Waals surface area contributed by atoms with Crippen LogP contribution >= 0.6 is 0 Å². The third-order valence-electron chi connectivity index (χ3n) is 4.24. The normalized spacial score (nSPS) is 19.8. The third-order valence-corrected chi connectivity index (χ3v) is 4.24. The molecule has 0 aliphatic carbocycles. The predicted molar refractivity (Wildman–Crippen MR) is 91.5 cm³/mol. The molecular formula is C19H24N2O3. The molecule has 5 heteroatoms. The second-order valence-electron chi connectivity index (χ2n) is 6.85. The minimum Gasteiger partial charge on any atom is -0.441 e. The van der Waals surface area contributed by atoms with Crippen LogP contribution in [0.4, 0.5) is 0 Å². The summed E-state index contributed by atoms with van der Waals surface area (Å²) in [5.41, 5.74) is 0.828. The Morgan fingerprint density at radius 1 is 1.33 bits per heavy atom. The van der Waals surface area contributed by atoms with Gasteiger partial charge in [-0.05, 0) is 26.7 Å². The fourth-order valence-electron chi connectivity index (χ4n) is 3.04. The van der Waals surface area contributed by atoms with E-state index in [2.05, 4.69) is 24.1 Å². The number of rotatable bonds is 5. The number of oxazole rings is 1. The summed E-state index contributed by atoms with van der Waals surface area (Å²) in [5, 5.41) is 3.09. The lowest BCUT2D eigenvalue weighted by atomic mass is 9.94. The van der Waals surface area contributed by atoms with E-state index in [9.17, 15) is 4.79 Å². The summed E-state index contributed by atoms with van der Waals surface area (Å²) in [6.45, 7) is 4.81. The number of hydrogen-bond acceptors (Lipinski definition) is 4. The molecule has 1 atom stereocenters. The Balaban J connectivity index is 1.49. The minimum absolute atomic E-state index is 0.0390. The van der Waals surface area contributed by atoms with E-state index in [1.807, 2.05) is 30.3 Å². The molecule has 24 heavy (non-hydrogen) atoms. The van der Waals surface area contributed by atoms with E-state index in [1.54, 1.807) is 6.20 Å². The van der Waals surface area contributed by atoms with Gasteiger partial charge < -0.3 is 14.5 Å². The van der Waals surface area contributed by atoms with Gasteiger partial charge >= 0.3 is 0 Å². The van der Waals surface area contributed by atoms with Crippen molar-refractivity contribution >= 4 is 5.91 Å². The van der Waals surface area contributed by atoms with Crippen LogP contribution in [0, 0.1) is 0 Å². The first-order valence-corrected chi connectivity index (χ1v) is 8.45. The molecule has 1 saturated heterocycles. The van der Waals surface area contributed by atoms with Gasteiger partial charge in [-0.2, -0.15) is 0 Å². The molecule has 1 aliphatic heterocycles. The molecule has 0 bridgehead atoms. The lowest BCUT2D eigenvalue weighted by Gasteiger charge is -2.35. The molecule has 1 aromatic carbocycles. The number of amides is 1. The molecule has 0 spiro atoms. The Kier molecular flexibility index (Phi) is 5.00. The first-order chi connectivity index (χ1) is 11.5. The Bertz CT molecular complexity index is 679. The quantitative estimate of drug-likeness (QED) is 0.914. The number of nitrogens with zero attached hydrogens (tertiary/aromatic N) is 1. The topological polar surface area (TPSA) is 64.4 Å². The monoisotopic (exact) mass is 328 g/mol. The molecule has 0 radical (unpaired) electrons. The van der Waals surface area contributed by atoms with Crippen molar-refractivity contribution in [3.8, 4) is 11.3 Å². The molecule has 1 N–H and O–H groups in total. The van der Waals surface area contributed by atoms with Crippen LogP contribution in [0.15, 0.2) is 40.9 Å². The Labute approximate surface area is 142 Å². The van der Waals surface area contributed by atoms with Crippen molar-refractivity contribution in [2.45, 2.75) is 51.2 Å². The van der Waals surface area contributed by atoms with E-state index in [4.69, 9.17) is 9.15 Å². The fourth-order valence-corrected chi connectivity index (χ4v) is 3.04. The highest BCUT2D eigenvalue weighted by molar-refractivity contribution is 5.76. The molecule has 0 saturated carbocycles. The van der Waals surface area contributed by atoms with Crippen molar-refractivity contribution in [2.75, 3.05) is 6.61 Å². The average Bonchev–Trinajstić information content (AvgIpc) is 3.02. The summed E-state index contributed by atoms with van der Waals surface area (Å²) < 4.78 is 11.4. The fraction of sp³-hybridized carbons (Fsp3) is 0.474. The van der Waals surface area contributed by atoms with Crippen molar-refractivity contribution in [1.29, 1.82) is 0 Å². The Hall–Kier alpha value is -2.14. The summed E-state index contributed by atoms with van der Waals surface area (Å²) in [6.07, 6.45) is 4.31. The third kappa shape index (κ3) is 4.45. The molecule has 5 nitrogen and oxygen atoms in total. The highest BCUT2D eigenvalue weighted by atomic mass is 16.5. The van der Waals surface area contributed by atoms with Gasteiger partial charge in [-0.15, -0.1) is 0 Å². The van der Waals surface area contributed by atoms with Crippen LogP contribution in [0.5, 0.6) is 0 Å². The maximum absolute atomic E-state index is 12.2. The van der Waals surface area contributed by atoms with Crippen molar-refractivity contribution in [3.05, 3.63) is 42.4 Å². The number of hydrogen-bond donors (Lipinski definition) is 1. The van der Waals surface area contributed by atoms with Crippen molar-refractivity contribution in [1.82, 2.24) is 10.3 Å². The van der Waals surface area contributed by atoms with Gasteiger partial charge in [0.25, 0.3) is 0 Å². The first kappa shape index (κ1) is 16.7. The van der Waals surface area contributed by atoms with E-state index in [0.29, 0.717) is 25.3 Å². The SMILES string of the molecule is CC1(C)CC(NC(=O)CCc2ncc(-c3ccccc3)o2)CCO1. The number of benzene rings is 1. The van der Waals surface area contributed by atoms with Gasteiger partial charge in [-0.1, -0.05) is 30.3 Å². The number of carbonyl (C=O) groups is 1. The minimum atomic E-state index is -0.163. The molecule has 1 unspecified atom stereocenters. The van der Waals surface area contributed by atoms with Crippen LogP contribution in [0.3, 0.4) is 0 Å². The van der Waals surface area contributed by atoms with Gasteiger partial charge in [0.2, 0.25) is 5.91 Å². The molecule has 1 amide bonds. The van der Waals surface area contributed by atoms with Crippen molar-refractivity contribution < 1.29 is 13.9 Å². The zero-order valence-electron chi connectivity index (χ0n) is 14.2. The average molecular weight is 328 g/mol. The molecule has 2 heterocycles. The zero-order valence-corrected chi connectivity index (χ0v) is 14.2. The summed E-state index contributed by atoms with van der Waals surface area (Å²) in [4.78, 5) is 16.4. The van der Waals surface area contributed by atoms with Crippen LogP contribution in [0.2, 0.25) is 0 Å². The van der Waals surface area contributed by atoms with Crippen LogP contribution in [-0.2, 0) is 16.0 Å². The Morgan fingerprint density at radius 2 is 2.12 bits per heavy atom. The predicted octanol–water partition coefficient (Wildman–Crippen LogP) is 3.35. The van der Waals surface area contributed by atoms with Crippen LogP contribution in [-0.4, -0.2) is 29.1 Å². The van der Waals surface area contributed by atoms with E-state index >= 15 is 0 Å². The highest BCUT2D eigenvalue weighted by Crippen LogP contribution is 2.24. The summed E-state index contributed by atoms with van der Waals surface area (Å²) >= 11 is 0. The standard InChI is InChI=1S/C19H24N2O3/c1-19(2)12-15(10-11-23-19)21-17(22)8-9-18-20-13-16(24-18)14-6-4-3-5-7-14/h3-7,13,15H,8-12H2,1-2H3,(H,21,22). The highest BCUT2D eigenvalue weighted by Gasteiger charge is 2.29. The largest absolute Gasteiger partial charge is 0.441 e. The second kappa shape index (κ2) is 7.18. The molecule has 128 valence electrons. The lowest BCUT2D eigenvalue weighted by Crippen LogP contribution is -2.45. The van der Waals surface area contributed by atoms with Gasteiger partial charge in [0.1, 0.15) is 0 Å². The van der Waals surface area contributed by atoms with Gasteiger partial charge in [-0.25, -0.2) is 4.98 Å². The van der Waals surface area contributed by atoms with Crippen LogP contribution in [0.1, 0.15) is 39.0 Å². The molecular weight excluding hydrogens is 304 g/mol. The number of ether oxygens (including phenoxy) is 1. The smallest absolute Gasteiger partial charge is 0.220 e. The summed E-state index contributed by atoms with van der Waals surface area (Å²) in [7, 11) is 0. The first-order valence-electron chi connectivity index (χ1n) is 8.45. The van der Waals surface area contributed by atoms with E-state index in [1.165, 1.54) is 0 Å². The number of nitrogens with one attached hydrogen (secondary N) is 1. The lowest BCUT2D eigenvalue weighted by molar-refractivity contribution is -0.124.